The number of rotatable bonds is 6. The van der Waals surface area contributed by atoms with Gasteiger partial charge in [0.05, 0.1) is 2.74 Å². The van der Waals surface area contributed by atoms with Crippen molar-refractivity contribution in [3.63, 3.8) is 0 Å². The average molecular weight is 589 g/mol. The maximum absolute atomic E-state index is 10.1. The lowest BCUT2D eigenvalue weighted by Crippen LogP contribution is -2.65. The molecule has 0 aromatic heterocycles. The molecule has 0 saturated heterocycles. The topological polar surface area (TPSA) is 0 Å². The molecule has 0 saturated carbocycles. The Morgan fingerprint density at radius 2 is 1.16 bits per heavy atom. The molecule has 0 nitrogen and oxygen atoms in total. The largest absolute Gasteiger partial charge is 0.123 e. The summed E-state index contributed by atoms with van der Waals surface area (Å²) in [6.07, 6.45) is 1.43. The minimum atomic E-state index is -2.50. The summed E-state index contributed by atoms with van der Waals surface area (Å²) in [5.41, 5.74) is 6.24. The van der Waals surface area contributed by atoms with E-state index in [1.54, 1.807) is 0 Å². The van der Waals surface area contributed by atoms with Crippen molar-refractivity contribution in [2.45, 2.75) is 50.1 Å². The van der Waals surface area contributed by atoms with Gasteiger partial charge in [0.15, 0.2) is 0 Å². The van der Waals surface area contributed by atoms with Gasteiger partial charge in [-0.2, -0.15) is 0 Å². The molecular formula is C43H42Si. The number of hydrogen-bond donors (Lipinski definition) is 0. The maximum Gasteiger partial charge on any atom is 0.123 e. The van der Waals surface area contributed by atoms with E-state index in [0.717, 1.165) is 40.8 Å². The molecule has 1 heteroatoms. The zero-order chi connectivity index (χ0) is 31.9. The molecule has 1 spiro atoms. The minimum absolute atomic E-state index is 0.0150. The lowest BCUT2D eigenvalue weighted by Gasteiger charge is -2.48. The summed E-state index contributed by atoms with van der Waals surface area (Å²) >= 11 is 0. The van der Waals surface area contributed by atoms with Crippen LogP contribution in [-0.4, -0.2) is 8.07 Å². The SMILES string of the molecule is [2H]C1=C(c2ccccc2)C[C@]2(C[C@H]1C[Si](c1ccccc1)(c1ccccc1)C(C)(C)C)C([2H])=C(c1ccccc1)c1ccccc12. The Hall–Kier alpha value is -4.20. The average Bonchev–Trinajstić information content (AvgIpc) is 3.32. The molecule has 0 aliphatic heterocycles. The Kier molecular flexibility index (Phi) is 6.78. The van der Waals surface area contributed by atoms with E-state index in [1.165, 1.54) is 21.5 Å². The monoisotopic (exact) mass is 588 g/mol. The van der Waals surface area contributed by atoms with Crippen molar-refractivity contribution in [1.29, 1.82) is 0 Å². The molecule has 0 amide bonds. The lowest BCUT2D eigenvalue weighted by molar-refractivity contribution is 0.425. The van der Waals surface area contributed by atoms with Crippen molar-refractivity contribution in [3.8, 4) is 0 Å². The van der Waals surface area contributed by atoms with E-state index in [1.807, 2.05) is 6.07 Å². The molecule has 0 N–H and O–H groups in total. The van der Waals surface area contributed by atoms with E-state index in [0.29, 0.717) is 12.5 Å². The summed E-state index contributed by atoms with van der Waals surface area (Å²) in [7, 11) is -2.50. The van der Waals surface area contributed by atoms with Crippen LogP contribution in [0, 0.1) is 5.92 Å². The van der Waals surface area contributed by atoms with E-state index in [4.69, 9.17) is 0 Å². The Morgan fingerprint density at radius 1 is 0.659 bits per heavy atom. The number of benzene rings is 5. The summed E-state index contributed by atoms with van der Waals surface area (Å²) in [5.74, 6) is -0.0150. The van der Waals surface area contributed by atoms with Crippen LogP contribution in [-0.2, 0) is 5.41 Å². The van der Waals surface area contributed by atoms with Crippen molar-refractivity contribution in [1.82, 2.24) is 0 Å². The molecule has 7 rings (SSSR count). The molecule has 0 bridgehead atoms. The first-order valence-electron chi connectivity index (χ1n) is 17.0. The van der Waals surface area contributed by atoms with Gasteiger partial charge in [-0.25, -0.2) is 0 Å². The van der Waals surface area contributed by atoms with Crippen molar-refractivity contribution in [3.05, 3.63) is 180 Å². The Bertz CT molecular complexity index is 1860. The van der Waals surface area contributed by atoms with Gasteiger partial charge in [-0.1, -0.05) is 189 Å². The van der Waals surface area contributed by atoms with Gasteiger partial charge in [0.25, 0.3) is 0 Å². The van der Waals surface area contributed by atoms with Gasteiger partial charge in [-0.15, -0.1) is 0 Å². The molecule has 5 aromatic rings. The van der Waals surface area contributed by atoms with Gasteiger partial charge in [-0.3, -0.25) is 0 Å². The third kappa shape index (κ3) is 4.94. The van der Waals surface area contributed by atoms with E-state index in [9.17, 15) is 2.74 Å². The highest BCUT2D eigenvalue weighted by Crippen LogP contribution is 2.55. The smallest absolute Gasteiger partial charge is 0.0778 e. The number of hydrogen-bond acceptors (Lipinski definition) is 0. The molecule has 0 fully saturated rings. The van der Waals surface area contributed by atoms with Gasteiger partial charge < -0.3 is 0 Å². The van der Waals surface area contributed by atoms with Crippen LogP contribution in [0.3, 0.4) is 0 Å². The molecule has 2 aliphatic carbocycles. The fourth-order valence-electron chi connectivity index (χ4n) is 8.11. The molecule has 2 aliphatic rings. The highest BCUT2D eigenvalue weighted by molar-refractivity contribution is 7.04. The summed E-state index contributed by atoms with van der Waals surface area (Å²) in [6.45, 7) is 7.24. The van der Waals surface area contributed by atoms with Crippen LogP contribution in [0.15, 0.2) is 158 Å². The van der Waals surface area contributed by atoms with Gasteiger partial charge in [-0.05, 0) is 63.2 Å². The summed E-state index contributed by atoms with van der Waals surface area (Å²) < 4.78 is 20.0. The van der Waals surface area contributed by atoms with Crippen LogP contribution < -0.4 is 10.4 Å². The fourth-order valence-corrected chi connectivity index (χ4v) is 13.8. The molecule has 218 valence electrons. The number of fused-ring (bicyclic) bond motifs is 2. The zero-order valence-electron chi connectivity index (χ0n) is 28.1. The third-order valence-corrected chi connectivity index (χ3v) is 16.4. The Balaban J connectivity index is 1.48. The molecule has 0 heterocycles. The van der Waals surface area contributed by atoms with Crippen LogP contribution in [0.25, 0.3) is 11.1 Å². The minimum Gasteiger partial charge on any atom is -0.0778 e. The first kappa shape index (κ1) is 26.2. The molecule has 5 aromatic carbocycles. The molecule has 0 radical (unpaired) electrons. The first-order chi connectivity index (χ1) is 22.3. The maximum atomic E-state index is 10.1. The van der Waals surface area contributed by atoms with Gasteiger partial charge in [0.1, 0.15) is 8.07 Å². The van der Waals surface area contributed by atoms with Gasteiger partial charge in [0, 0.05) is 5.41 Å². The van der Waals surface area contributed by atoms with Crippen molar-refractivity contribution in [2.75, 3.05) is 0 Å². The van der Waals surface area contributed by atoms with E-state index in [2.05, 4.69) is 160 Å². The van der Waals surface area contributed by atoms with Crippen LogP contribution in [0.4, 0.5) is 0 Å². The second-order valence-electron chi connectivity index (χ2n) is 13.7. The van der Waals surface area contributed by atoms with Crippen molar-refractivity contribution < 1.29 is 2.74 Å². The predicted molar refractivity (Wildman–Crippen MR) is 191 cm³/mol. The molecule has 44 heavy (non-hydrogen) atoms. The first-order valence-corrected chi connectivity index (χ1v) is 18.2. The lowest BCUT2D eigenvalue weighted by atomic mass is 9.67. The summed E-state index contributed by atoms with van der Waals surface area (Å²) in [4.78, 5) is 0. The highest BCUT2D eigenvalue weighted by Gasteiger charge is 2.51. The zero-order valence-corrected chi connectivity index (χ0v) is 27.1. The molecule has 0 unspecified atom stereocenters. The normalized spacial score (nSPS) is 20.8. The predicted octanol–water partition coefficient (Wildman–Crippen LogP) is 9.93. The quantitative estimate of drug-likeness (QED) is 0.173. The molecule has 2 atom stereocenters. The van der Waals surface area contributed by atoms with E-state index in [-0.39, 0.29) is 11.0 Å². The van der Waals surface area contributed by atoms with Crippen molar-refractivity contribution in [2.24, 2.45) is 5.92 Å². The fraction of sp³-hybridized carbons (Fsp3) is 0.209. The van der Waals surface area contributed by atoms with Crippen LogP contribution >= 0.6 is 0 Å². The van der Waals surface area contributed by atoms with Gasteiger partial charge in [0.2, 0.25) is 0 Å². The van der Waals surface area contributed by atoms with E-state index < -0.39 is 13.5 Å². The number of allylic oxidation sites excluding steroid dienone is 3. The summed E-state index contributed by atoms with van der Waals surface area (Å²) in [6, 6.07) is 54.5. The Morgan fingerprint density at radius 3 is 1.73 bits per heavy atom. The van der Waals surface area contributed by atoms with Crippen LogP contribution in [0.1, 0.15) is 58.6 Å². The van der Waals surface area contributed by atoms with Gasteiger partial charge >= 0.3 is 0 Å². The third-order valence-electron chi connectivity index (χ3n) is 10.1. The standard InChI is InChI=1S/C43H42Si/c1-42(2,3)44(37-22-12-6-13-23-37,38-24-14-7-15-25-38)32-33-28-36(34-18-8-4-9-19-34)30-43(29-33)31-40(35-20-10-5-11-21-35)39-26-16-17-27-41(39)43/h4-28,31,33H,29-30,32H2,1-3H3/t33-,43+/m0/s1/i28D,31D. The van der Waals surface area contributed by atoms with E-state index >= 15 is 0 Å². The second kappa shape index (κ2) is 11.4. The van der Waals surface area contributed by atoms with Crippen LogP contribution in [0.5, 0.6) is 0 Å². The van der Waals surface area contributed by atoms with Crippen molar-refractivity contribution >= 4 is 29.6 Å². The second-order valence-corrected chi connectivity index (χ2v) is 18.5. The summed E-state index contributed by atoms with van der Waals surface area (Å²) in [5, 5.41) is 2.82. The highest BCUT2D eigenvalue weighted by atomic mass is 28.3. The van der Waals surface area contributed by atoms with Crippen LogP contribution in [0.2, 0.25) is 11.1 Å². The Labute approximate surface area is 267 Å². The molecular weight excluding hydrogens is 545 g/mol.